The van der Waals surface area contributed by atoms with E-state index in [-0.39, 0.29) is 5.82 Å². The Bertz CT molecular complexity index is 601. The molecule has 1 aromatic carbocycles. The van der Waals surface area contributed by atoms with Crippen molar-refractivity contribution in [2.45, 2.75) is 39.8 Å². The van der Waals surface area contributed by atoms with Crippen LogP contribution in [0, 0.1) is 12.7 Å². The summed E-state index contributed by atoms with van der Waals surface area (Å²) in [4.78, 5) is 8.74. The second-order valence-corrected chi connectivity index (χ2v) is 5.12. The van der Waals surface area contributed by atoms with E-state index in [4.69, 9.17) is 0 Å². The van der Waals surface area contributed by atoms with E-state index in [0.717, 1.165) is 17.9 Å². The van der Waals surface area contributed by atoms with E-state index in [0.29, 0.717) is 24.1 Å². The molecule has 0 saturated heterocycles. The van der Waals surface area contributed by atoms with Crippen molar-refractivity contribution in [2.75, 3.05) is 10.6 Å². The number of halogens is 1. The molecule has 1 aromatic heterocycles. The van der Waals surface area contributed by atoms with Crippen LogP contribution < -0.4 is 10.6 Å². The first kappa shape index (κ1) is 15.2. The minimum Gasteiger partial charge on any atom is -0.367 e. The predicted molar refractivity (Wildman–Crippen MR) is 83.9 cm³/mol. The van der Waals surface area contributed by atoms with Crippen LogP contribution in [0.1, 0.15) is 31.5 Å². The number of aryl methyl sites for hydroxylation is 1. The monoisotopic (exact) mass is 288 g/mol. The van der Waals surface area contributed by atoms with Crippen molar-refractivity contribution in [3.63, 3.8) is 0 Å². The number of aromatic nitrogens is 2. The van der Waals surface area contributed by atoms with Gasteiger partial charge in [0, 0.05) is 29.9 Å². The molecule has 1 atom stereocenters. The number of hydrogen-bond acceptors (Lipinski definition) is 4. The highest BCUT2D eigenvalue weighted by Gasteiger charge is 2.06. The van der Waals surface area contributed by atoms with Crippen LogP contribution in [0.15, 0.2) is 30.3 Å². The summed E-state index contributed by atoms with van der Waals surface area (Å²) in [5.74, 6) is 1.06. The molecule has 2 aromatic rings. The minimum atomic E-state index is -0.226. The third-order valence-electron chi connectivity index (χ3n) is 3.26. The molecule has 0 amide bonds. The van der Waals surface area contributed by atoms with Gasteiger partial charge in [0.25, 0.3) is 0 Å². The fourth-order valence-corrected chi connectivity index (χ4v) is 1.89. The van der Waals surface area contributed by atoms with E-state index in [9.17, 15) is 4.39 Å². The normalized spacial score (nSPS) is 12.0. The van der Waals surface area contributed by atoms with Crippen LogP contribution >= 0.6 is 0 Å². The lowest BCUT2D eigenvalue weighted by molar-refractivity contribution is 0.612. The number of hydrogen-bond donors (Lipinski definition) is 2. The smallest absolute Gasteiger partial charge is 0.225 e. The second-order valence-electron chi connectivity index (χ2n) is 5.12. The summed E-state index contributed by atoms with van der Waals surface area (Å²) in [6.45, 7) is 6.49. The van der Waals surface area contributed by atoms with Crippen LogP contribution in [0.2, 0.25) is 0 Å². The standard InChI is InChI=1S/C16H21FN4/c1-4-11(2)19-15-9-12(3)20-16(21-15)18-10-13-7-5-6-8-14(13)17/h5-9,11H,4,10H2,1-3H3,(H2,18,19,20,21). The molecular weight excluding hydrogens is 267 g/mol. The molecule has 0 aliphatic rings. The summed E-state index contributed by atoms with van der Waals surface area (Å²) in [6.07, 6.45) is 1.01. The Kier molecular flexibility index (Phi) is 5.09. The Morgan fingerprint density at radius 3 is 2.71 bits per heavy atom. The van der Waals surface area contributed by atoms with Crippen LogP contribution in [0.25, 0.3) is 0 Å². The van der Waals surface area contributed by atoms with E-state index in [1.807, 2.05) is 19.1 Å². The van der Waals surface area contributed by atoms with Gasteiger partial charge in [-0.2, -0.15) is 4.98 Å². The molecule has 0 saturated carbocycles. The molecule has 1 heterocycles. The summed E-state index contributed by atoms with van der Waals surface area (Å²) < 4.78 is 13.6. The first-order valence-electron chi connectivity index (χ1n) is 7.18. The van der Waals surface area contributed by atoms with Crippen LogP contribution in [0.3, 0.4) is 0 Å². The Morgan fingerprint density at radius 1 is 1.24 bits per heavy atom. The third kappa shape index (κ3) is 4.41. The van der Waals surface area contributed by atoms with Crippen molar-refractivity contribution in [3.8, 4) is 0 Å². The second kappa shape index (κ2) is 7.02. The van der Waals surface area contributed by atoms with E-state index in [1.165, 1.54) is 6.07 Å². The lowest BCUT2D eigenvalue weighted by atomic mass is 10.2. The Balaban J connectivity index is 2.08. The molecule has 2 N–H and O–H groups in total. The summed E-state index contributed by atoms with van der Waals surface area (Å²) in [7, 11) is 0. The van der Waals surface area contributed by atoms with Crippen molar-refractivity contribution in [1.82, 2.24) is 9.97 Å². The summed E-state index contributed by atoms with van der Waals surface area (Å²) in [6, 6.07) is 8.93. The molecule has 0 spiro atoms. The van der Waals surface area contributed by atoms with Gasteiger partial charge in [-0.1, -0.05) is 25.1 Å². The SMILES string of the molecule is CCC(C)Nc1cc(C)nc(NCc2ccccc2F)n1. The van der Waals surface area contributed by atoms with Crippen LogP contribution in [-0.2, 0) is 6.54 Å². The van der Waals surface area contributed by atoms with Gasteiger partial charge in [0.1, 0.15) is 11.6 Å². The molecule has 1 unspecified atom stereocenters. The van der Waals surface area contributed by atoms with Crippen LogP contribution in [0.4, 0.5) is 16.2 Å². The zero-order chi connectivity index (χ0) is 15.2. The fourth-order valence-electron chi connectivity index (χ4n) is 1.89. The number of benzene rings is 1. The summed E-state index contributed by atoms with van der Waals surface area (Å²) >= 11 is 0. The van der Waals surface area contributed by atoms with Crippen molar-refractivity contribution < 1.29 is 4.39 Å². The van der Waals surface area contributed by atoms with E-state index in [1.54, 1.807) is 12.1 Å². The molecule has 0 radical (unpaired) electrons. The lowest BCUT2D eigenvalue weighted by Gasteiger charge is -2.14. The lowest BCUT2D eigenvalue weighted by Crippen LogP contribution is -2.16. The maximum absolute atomic E-state index is 13.6. The van der Waals surface area contributed by atoms with Crippen molar-refractivity contribution in [2.24, 2.45) is 0 Å². The maximum atomic E-state index is 13.6. The van der Waals surface area contributed by atoms with Crippen molar-refractivity contribution >= 4 is 11.8 Å². The molecule has 0 fully saturated rings. The predicted octanol–water partition coefficient (Wildman–Crippen LogP) is 3.75. The first-order chi connectivity index (χ1) is 10.1. The van der Waals surface area contributed by atoms with Crippen LogP contribution in [0.5, 0.6) is 0 Å². The molecule has 0 aliphatic carbocycles. The molecule has 5 heteroatoms. The molecule has 4 nitrogen and oxygen atoms in total. The van der Waals surface area contributed by atoms with Crippen molar-refractivity contribution in [3.05, 3.63) is 47.4 Å². The van der Waals surface area contributed by atoms with Gasteiger partial charge < -0.3 is 10.6 Å². The van der Waals surface area contributed by atoms with Crippen LogP contribution in [-0.4, -0.2) is 16.0 Å². The largest absolute Gasteiger partial charge is 0.367 e. The Labute approximate surface area is 124 Å². The average Bonchev–Trinajstić information content (AvgIpc) is 2.45. The van der Waals surface area contributed by atoms with Gasteiger partial charge in [0.05, 0.1) is 0 Å². The first-order valence-corrected chi connectivity index (χ1v) is 7.18. The highest BCUT2D eigenvalue weighted by Crippen LogP contribution is 2.13. The molecule has 0 aliphatic heterocycles. The van der Waals surface area contributed by atoms with Gasteiger partial charge in [-0.25, -0.2) is 9.37 Å². The van der Waals surface area contributed by atoms with Crippen molar-refractivity contribution in [1.29, 1.82) is 0 Å². The average molecular weight is 288 g/mol. The molecule has 2 rings (SSSR count). The topological polar surface area (TPSA) is 49.8 Å². The van der Waals surface area contributed by atoms with Gasteiger partial charge in [-0.15, -0.1) is 0 Å². The number of nitrogens with one attached hydrogen (secondary N) is 2. The number of anilines is 2. The fraction of sp³-hybridized carbons (Fsp3) is 0.375. The minimum absolute atomic E-state index is 0.226. The quantitative estimate of drug-likeness (QED) is 0.850. The number of nitrogens with zero attached hydrogens (tertiary/aromatic N) is 2. The van der Waals surface area contributed by atoms with Gasteiger partial charge in [-0.3, -0.25) is 0 Å². The highest BCUT2D eigenvalue weighted by molar-refractivity contribution is 5.43. The zero-order valence-electron chi connectivity index (χ0n) is 12.7. The van der Waals surface area contributed by atoms with E-state index >= 15 is 0 Å². The summed E-state index contributed by atoms with van der Waals surface area (Å²) in [5.41, 5.74) is 1.46. The third-order valence-corrected chi connectivity index (χ3v) is 3.26. The van der Waals surface area contributed by atoms with E-state index in [2.05, 4.69) is 34.4 Å². The Hall–Kier alpha value is -2.17. The Morgan fingerprint density at radius 2 is 2.00 bits per heavy atom. The molecule has 0 bridgehead atoms. The summed E-state index contributed by atoms with van der Waals surface area (Å²) in [5, 5.41) is 6.39. The van der Waals surface area contributed by atoms with Gasteiger partial charge >= 0.3 is 0 Å². The highest BCUT2D eigenvalue weighted by atomic mass is 19.1. The number of rotatable bonds is 6. The maximum Gasteiger partial charge on any atom is 0.225 e. The molecular formula is C16H21FN4. The zero-order valence-corrected chi connectivity index (χ0v) is 12.7. The molecule has 112 valence electrons. The van der Waals surface area contributed by atoms with Gasteiger partial charge in [0.15, 0.2) is 0 Å². The van der Waals surface area contributed by atoms with Gasteiger partial charge in [0.2, 0.25) is 5.95 Å². The molecule has 21 heavy (non-hydrogen) atoms. The van der Waals surface area contributed by atoms with E-state index < -0.39 is 0 Å². The van der Waals surface area contributed by atoms with Gasteiger partial charge in [-0.05, 0) is 26.3 Å².